The van der Waals surface area contributed by atoms with Crippen molar-refractivity contribution in [2.45, 2.75) is 84.3 Å². The molecule has 1 aromatic rings. The minimum absolute atomic E-state index is 0.0292. The Morgan fingerprint density at radius 2 is 2.07 bits per heavy atom. The van der Waals surface area contributed by atoms with Gasteiger partial charge >= 0.3 is 6.03 Å². The number of hydrogen-bond donors (Lipinski definition) is 2. The van der Waals surface area contributed by atoms with Crippen LogP contribution in [0.2, 0.25) is 0 Å². The first-order valence-electron chi connectivity index (χ1n) is 11.2. The van der Waals surface area contributed by atoms with Gasteiger partial charge in [-0.2, -0.15) is 5.10 Å². The lowest BCUT2D eigenvalue weighted by Crippen LogP contribution is -2.53. The van der Waals surface area contributed by atoms with Gasteiger partial charge in [-0.15, -0.1) is 0 Å². The molecule has 0 bridgehead atoms. The first-order valence-corrected chi connectivity index (χ1v) is 11.2. The number of aryl methyl sites for hydroxylation is 1. The summed E-state index contributed by atoms with van der Waals surface area (Å²) in [6, 6.07) is 0.0868. The van der Waals surface area contributed by atoms with Crippen LogP contribution in [-0.4, -0.2) is 53.0 Å². The second-order valence-corrected chi connectivity index (χ2v) is 8.93. The Morgan fingerprint density at radius 1 is 1.32 bits per heavy atom. The summed E-state index contributed by atoms with van der Waals surface area (Å²) in [4.78, 5) is 14.7. The fourth-order valence-corrected chi connectivity index (χ4v) is 4.99. The zero-order valence-corrected chi connectivity index (χ0v) is 18.0. The monoisotopic (exact) mass is 390 g/mol. The largest absolute Gasteiger partial charge is 0.376 e. The van der Waals surface area contributed by atoms with Crippen LogP contribution in [0.25, 0.3) is 0 Å². The van der Waals surface area contributed by atoms with E-state index in [4.69, 9.17) is 4.74 Å². The minimum Gasteiger partial charge on any atom is -0.376 e. The lowest BCUT2D eigenvalue weighted by molar-refractivity contribution is -0.0238. The molecule has 3 rings (SSSR count). The molecule has 1 aromatic heterocycles. The van der Waals surface area contributed by atoms with Crippen molar-refractivity contribution >= 4 is 6.03 Å². The summed E-state index contributed by atoms with van der Waals surface area (Å²) in [6.07, 6.45) is 9.09. The van der Waals surface area contributed by atoms with Crippen LogP contribution in [-0.2, 0) is 4.74 Å². The van der Waals surface area contributed by atoms with E-state index in [9.17, 15) is 4.79 Å². The van der Waals surface area contributed by atoms with E-state index < -0.39 is 0 Å². The molecule has 2 aliphatic rings. The molecule has 6 heteroatoms. The molecule has 1 saturated heterocycles. The van der Waals surface area contributed by atoms with Gasteiger partial charge in [0.05, 0.1) is 24.9 Å². The maximum atomic E-state index is 12.7. The van der Waals surface area contributed by atoms with Gasteiger partial charge in [0.25, 0.3) is 0 Å². The summed E-state index contributed by atoms with van der Waals surface area (Å²) in [6.45, 7) is 10.8. The maximum absolute atomic E-state index is 12.7. The van der Waals surface area contributed by atoms with E-state index >= 15 is 0 Å². The fraction of sp³-hybridized carbons (Fsp3) is 0.818. The lowest BCUT2D eigenvalue weighted by atomic mass is 9.80. The number of hydrogen-bond acceptors (Lipinski definition) is 3. The van der Waals surface area contributed by atoms with E-state index in [0.29, 0.717) is 19.3 Å². The molecule has 6 nitrogen and oxygen atoms in total. The highest BCUT2D eigenvalue weighted by Gasteiger charge is 2.37. The molecule has 2 heterocycles. The molecule has 0 radical (unpaired) electrons. The third-order valence-corrected chi connectivity index (χ3v) is 6.77. The van der Waals surface area contributed by atoms with Gasteiger partial charge in [-0.25, -0.2) is 4.79 Å². The Hall–Kier alpha value is -1.56. The molecule has 0 spiro atoms. The molecule has 1 aliphatic heterocycles. The predicted molar refractivity (Wildman–Crippen MR) is 111 cm³/mol. The van der Waals surface area contributed by atoms with Gasteiger partial charge in [-0.3, -0.25) is 5.10 Å². The molecule has 158 valence electrons. The lowest BCUT2D eigenvalue weighted by Gasteiger charge is -2.42. The van der Waals surface area contributed by atoms with Gasteiger partial charge in [0.2, 0.25) is 0 Å². The number of urea groups is 1. The van der Waals surface area contributed by atoms with Crippen LogP contribution in [0.3, 0.4) is 0 Å². The van der Waals surface area contributed by atoms with E-state index in [1.807, 2.05) is 18.0 Å². The van der Waals surface area contributed by atoms with Crippen molar-refractivity contribution in [3.63, 3.8) is 0 Å². The topological polar surface area (TPSA) is 70.2 Å². The number of carbonyl (C=O) groups excluding carboxylic acids is 1. The van der Waals surface area contributed by atoms with Crippen LogP contribution >= 0.6 is 0 Å². The summed E-state index contributed by atoms with van der Waals surface area (Å²) < 4.78 is 6.42. The number of H-pyrrole nitrogens is 1. The Balaban J connectivity index is 1.68. The van der Waals surface area contributed by atoms with Crippen LogP contribution in [0.1, 0.15) is 76.5 Å². The zero-order valence-electron chi connectivity index (χ0n) is 18.0. The number of likely N-dealkylation sites (tertiary alicyclic amines) is 1. The zero-order chi connectivity index (χ0) is 20.1. The third-order valence-electron chi connectivity index (χ3n) is 6.77. The second kappa shape index (κ2) is 9.77. The SMILES string of the molecule is CCNC(=O)N1CCCC(c2[nH]ncc2C)C1COC1CCC(C(C)C)CC1. The van der Waals surface area contributed by atoms with Crippen LogP contribution < -0.4 is 5.32 Å². The fourth-order valence-electron chi connectivity index (χ4n) is 4.99. The highest BCUT2D eigenvalue weighted by Crippen LogP contribution is 2.35. The van der Waals surface area contributed by atoms with Crippen LogP contribution in [0.5, 0.6) is 0 Å². The molecule has 2 unspecified atom stereocenters. The summed E-state index contributed by atoms with van der Waals surface area (Å²) in [5, 5.41) is 10.4. The van der Waals surface area contributed by atoms with Crippen molar-refractivity contribution in [3.05, 3.63) is 17.5 Å². The molecule has 2 fully saturated rings. The summed E-state index contributed by atoms with van der Waals surface area (Å²) in [7, 11) is 0. The number of piperidine rings is 1. The maximum Gasteiger partial charge on any atom is 0.317 e. The Kier molecular flexibility index (Phi) is 7.38. The van der Waals surface area contributed by atoms with Crippen molar-refractivity contribution < 1.29 is 9.53 Å². The number of ether oxygens (including phenoxy) is 1. The van der Waals surface area contributed by atoms with Gasteiger partial charge in [0.15, 0.2) is 0 Å². The highest BCUT2D eigenvalue weighted by molar-refractivity contribution is 5.74. The van der Waals surface area contributed by atoms with Crippen LogP contribution in [0, 0.1) is 18.8 Å². The second-order valence-electron chi connectivity index (χ2n) is 8.93. The van der Waals surface area contributed by atoms with Gasteiger partial charge in [0.1, 0.15) is 0 Å². The minimum atomic E-state index is 0.0292. The summed E-state index contributed by atoms with van der Waals surface area (Å²) >= 11 is 0. The average Bonchev–Trinajstić information content (AvgIpc) is 3.12. The molecule has 1 aliphatic carbocycles. The predicted octanol–water partition coefficient (Wildman–Crippen LogP) is 4.23. The molecule has 1 saturated carbocycles. The molecular formula is C22H38N4O2. The molecule has 2 amide bonds. The molecule has 2 N–H and O–H groups in total. The molecule has 28 heavy (non-hydrogen) atoms. The van der Waals surface area contributed by atoms with Crippen molar-refractivity contribution in [3.8, 4) is 0 Å². The van der Waals surface area contributed by atoms with Gasteiger partial charge in [0, 0.05) is 24.7 Å². The van der Waals surface area contributed by atoms with Gasteiger partial charge < -0.3 is 15.0 Å². The Morgan fingerprint density at radius 3 is 2.68 bits per heavy atom. The van der Waals surface area contributed by atoms with Crippen molar-refractivity contribution in [1.29, 1.82) is 0 Å². The molecular weight excluding hydrogens is 352 g/mol. The normalized spacial score (nSPS) is 28.5. The number of nitrogens with one attached hydrogen (secondary N) is 2. The van der Waals surface area contributed by atoms with Crippen LogP contribution in [0.15, 0.2) is 6.20 Å². The summed E-state index contributed by atoms with van der Waals surface area (Å²) in [5.41, 5.74) is 2.33. The number of aromatic nitrogens is 2. The number of rotatable bonds is 6. The van der Waals surface area contributed by atoms with E-state index in [1.54, 1.807) is 0 Å². The molecule has 2 atom stereocenters. The summed E-state index contributed by atoms with van der Waals surface area (Å²) in [5.74, 6) is 1.85. The number of carbonyl (C=O) groups is 1. The first-order chi connectivity index (χ1) is 13.5. The smallest absolute Gasteiger partial charge is 0.317 e. The van der Waals surface area contributed by atoms with E-state index in [0.717, 1.165) is 49.8 Å². The van der Waals surface area contributed by atoms with Crippen LogP contribution in [0.4, 0.5) is 4.79 Å². The number of aromatic amines is 1. The van der Waals surface area contributed by atoms with Crippen molar-refractivity contribution in [2.75, 3.05) is 19.7 Å². The van der Waals surface area contributed by atoms with Gasteiger partial charge in [-0.1, -0.05) is 13.8 Å². The Bertz CT molecular complexity index is 622. The Labute approximate surface area is 169 Å². The highest BCUT2D eigenvalue weighted by atomic mass is 16.5. The standard InChI is InChI=1S/C22H38N4O2/c1-5-23-22(27)26-12-6-7-19(21-16(4)13-24-25-21)20(26)14-28-18-10-8-17(9-11-18)15(2)3/h13,15,17-20H,5-12,14H2,1-4H3,(H,23,27)(H,24,25). The molecule has 0 aromatic carbocycles. The van der Waals surface area contributed by atoms with E-state index in [1.165, 1.54) is 18.4 Å². The van der Waals surface area contributed by atoms with Crippen molar-refractivity contribution in [2.24, 2.45) is 11.8 Å². The first kappa shape index (κ1) is 21.2. The van der Waals surface area contributed by atoms with E-state index in [-0.39, 0.29) is 18.0 Å². The number of nitrogens with zero attached hydrogens (tertiary/aromatic N) is 2. The third kappa shape index (κ3) is 4.88. The van der Waals surface area contributed by atoms with Gasteiger partial charge in [-0.05, 0) is 69.8 Å². The average molecular weight is 391 g/mol. The quantitative estimate of drug-likeness (QED) is 0.764. The van der Waals surface area contributed by atoms with Crippen molar-refractivity contribution in [1.82, 2.24) is 20.4 Å². The van der Waals surface area contributed by atoms with E-state index in [2.05, 4.69) is 36.3 Å². The number of amides is 2.